The number of benzene rings is 2. The third-order valence-corrected chi connectivity index (χ3v) is 4.31. The van der Waals surface area contributed by atoms with E-state index >= 15 is 0 Å². The summed E-state index contributed by atoms with van der Waals surface area (Å²) in [6.07, 6.45) is 1.60. The molecule has 1 aliphatic rings. The molecule has 2 aromatic carbocycles. The van der Waals surface area contributed by atoms with Gasteiger partial charge in [-0.1, -0.05) is 24.3 Å². The normalized spacial score (nSPS) is 15.1. The summed E-state index contributed by atoms with van der Waals surface area (Å²) in [6.45, 7) is 0.0854. The molecule has 0 aliphatic carbocycles. The van der Waals surface area contributed by atoms with Crippen LogP contribution in [0.25, 0.3) is 0 Å². The molecule has 1 aliphatic heterocycles. The molecule has 0 radical (unpaired) electrons. The van der Waals surface area contributed by atoms with Crippen molar-refractivity contribution in [1.82, 2.24) is 5.06 Å². The van der Waals surface area contributed by atoms with Gasteiger partial charge in [0.25, 0.3) is 11.8 Å². The van der Waals surface area contributed by atoms with E-state index in [1.54, 1.807) is 54.8 Å². The molecular formula is C16H13NO4S. The highest BCUT2D eigenvalue weighted by atomic mass is 32.2. The first kappa shape index (κ1) is 14.8. The maximum Gasteiger partial charge on any atom is 0.285 e. The van der Waals surface area contributed by atoms with Crippen molar-refractivity contribution in [2.45, 2.75) is 11.5 Å². The van der Waals surface area contributed by atoms with Crippen molar-refractivity contribution in [2.24, 2.45) is 0 Å². The van der Waals surface area contributed by atoms with Crippen LogP contribution in [0.3, 0.4) is 0 Å². The lowest BCUT2D eigenvalue weighted by molar-refractivity contribution is -0.101. The van der Waals surface area contributed by atoms with Gasteiger partial charge in [0.2, 0.25) is 0 Å². The summed E-state index contributed by atoms with van der Waals surface area (Å²) in [5, 5.41) is 0.788. The van der Waals surface area contributed by atoms with Gasteiger partial charge in [0.15, 0.2) is 4.90 Å². The Labute approximate surface area is 130 Å². The SMILES string of the molecule is C[S+]([O-])c1ccc(CON2C(=O)c3ccccc3C2=O)cc1. The fourth-order valence-corrected chi connectivity index (χ4v) is 2.72. The smallest absolute Gasteiger partial charge is 0.285 e. The van der Waals surface area contributed by atoms with Crippen LogP contribution in [0.15, 0.2) is 53.4 Å². The Morgan fingerprint density at radius 2 is 1.55 bits per heavy atom. The van der Waals surface area contributed by atoms with Crippen LogP contribution in [0.4, 0.5) is 0 Å². The molecule has 0 aromatic heterocycles. The van der Waals surface area contributed by atoms with Gasteiger partial charge in [0.05, 0.1) is 11.1 Å². The van der Waals surface area contributed by atoms with Crippen molar-refractivity contribution in [2.75, 3.05) is 6.26 Å². The predicted octanol–water partition coefficient (Wildman–Crippen LogP) is 2.15. The minimum atomic E-state index is -1.04. The number of amides is 2. The molecule has 5 nitrogen and oxygen atoms in total. The summed E-state index contributed by atoms with van der Waals surface area (Å²) in [4.78, 5) is 30.3. The fraction of sp³-hybridized carbons (Fsp3) is 0.125. The van der Waals surface area contributed by atoms with Crippen LogP contribution in [0.5, 0.6) is 0 Å². The van der Waals surface area contributed by atoms with E-state index in [1.807, 2.05) is 0 Å². The maximum absolute atomic E-state index is 12.1. The minimum absolute atomic E-state index is 0.0854. The van der Waals surface area contributed by atoms with Gasteiger partial charge in [-0.2, -0.15) is 0 Å². The first-order chi connectivity index (χ1) is 10.6. The Hall–Kier alpha value is -2.15. The molecule has 0 fully saturated rings. The van der Waals surface area contributed by atoms with Crippen LogP contribution >= 0.6 is 0 Å². The van der Waals surface area contributed by atoms with Crippen molar-refractivity contribution in [1.29, 1.82) is 0 Å². The van der Waals surface area contributed by atoms with Crippen LogP contribution < -0.4 is 0 Å². The van der Waals surface area contributed by atoms with E-state index in [-0.39, 0.29) is 6.61 Å². The van der Waals surface area contributed by atoms with Crippen LogP contribution in [0, 0.1) is 0 Å². The van der Waals surface area contributed by atoms with Crippen LogP contribution in [0.1, 0.15) is 26.3 Å². The Kier molecular flexibility index (Phi) is 3.98. The molecule has 0 saturated carbocycles. The number of hydroxylamine groups is 2. The van der Waals surface area contributed by atoms with Crippen molar-refractivity contribution < 1.29 is 19.0 Å². The van der Waals surface area contributed by atoms with Gasteiger partial charge < -0.3 is 4.55 Å². The standard InChI is InChI=1S/C16H13NO4S/c1-22(20)12-8-6-11(7-9-12)10-21-17-15(18)13-4-2-3-5-14(13)16(17)19/h2-9H,10H2,1H3. The second kappa shape index (κ2) is 5.92. The maximum atomic E-state index is 12.1. The van der Waals surface area contributed by atoms with Crippen molar-refractivity contribution in [3.05, 3.63) is 65.2 Å². The number of rotatable bonds is 4. The summed E-state index contributed by atoms with van der Waals surface area (Å²) < 4.78 is 11.3. The summed E-state index contributed by atoms with van der Waals surface area (Å²) in [6, 6.07) is 13.6. The average molecular weight is 315 g/mol. The molecule has 1 unspecified atom stereocenters. The number of fused-ring (bicyclic) bond motifs is 1. The van der Waals surface area contributed by atoms with E-state index in [0.717, 1.165) is 10.6 Å². The van der Waals surface area contributed by atoms with E-state index in [2.05, 4.69) is 0 Å². The van der Waals surface area contributed by atoms with Crippen molar-refractivity contribution in [3.8, 4) is 0 Å². The molecule has 0 bridgehead atoms. The number of imide groups is 1. The average Bonchev–Trinajstić information content (AvgIpc) is 2.78. The summed E-state index contributed by atoms with van der Waals surface area (Å²) in [5.74, 6) is -0.904. The highest BCUT2D eigenvalue weighted by Crippen LogP contribution is 2.23. The molecule has 2 amide bonds. The quantitative estimate of drug-likeness (QED) is 0.640. The third kappa shape index (κ3) is 2.64. The molecule has 2 aromatic rings. The molecular weight excluding hydrogens is 302 g/mol. The monoisotopic (exact) mass is 315 g/mol. The number of carbonyl (C=O) groups excluding carboxylic acids is 2. The van der Waals surface area contributed by atoms with Crippen LogP contribution in [0.2, 0.25) is 0 Å². The highest BCUT2D eigenvalue weighted by Gasteiger charge is 2.36. The Bertz CT molecular complexity index is 692. The summed E-state index contributed by atoms with van der Waals surface area (Å²) in [5.41, 5.74) is 1.49. The van der Waals surface area contributed by atoms with Crippen molar-refractivity contribution in [3.63, 3.8) is 0 Å². The predicted molar refractivity (Wildman–Crippen MR) is 80.5 cm³/mol. The van der Waals surface area contributed by atoms with Gasteiger partial charge in [0.1, 0.15) is 12.9 Å². The van der Waals surface area contributed by atoms with Gasteiger partial charge in [-0.15, -0.1) is 5.06 Å². The van der Waals surface area contributed by atoms with Crippen LogP contribution in [-0.4, -0.2) is 27.7 Å². The number of hydrogen-bond acceptors (Lipinski definition) is 4. The molecule has 0 saturated heterocycles. The molecule has 0 spiro atoms. The second-order valence-electron chi connectivity index (χ2n) is 4.82. The van der Waals surface area contributed by atoms with E-state index in [4.69, 9.17) is 4.84 Å². The Morgan fingerprint density at radius 3 is 2.05 bits per heavy atom. The third-order valence-electron chi connectivity index (χ3n) is 3.37. The number of hydrogen-bond donors (Lipinski definition) is 0. The zero-order chi connectivity index (χ0) is 15.7. The Balaban J connectivity index is 1.70. The topological polar surface area (TPSA) is 69.7 Å². The van der Waals surface area contributed by atoms with Gasteiger partial charge >= 0.3 is 0 Å². The van der Waals surface area contributed by atoms with Crippen molar-refractivity contribution >= 4 is 23.0 Å². The molecule has 22 heavy (non-hydrogen) atoms. The molecule has 112 valence electrons. The second-order valence-corrected chi connectivity index (χ2v) is 6.20. The van der Waals surface area contributed by atoms with Crippen LogP contribution in [-0.2, 0) is 22.6 Å². The largest absolute Gasteiger partial charge is 0.612 e. The highest BCUT2D eigenvalue weighted by molar-refractivity contribution is 7.90. The first-order valence-corrected chi connectivity index (χ1v) is 8.17. The van der Waals surface area contributed by atoms with E-state index in [0.29, 0.717) is 16.0 Å². The fourth-order valence-electron chi connectivity index (χ4n) is 2.20. The van der Waals surface area contributed by atoms with E-state index in [9.17, 15) is 14.1 Å². The first-order valence-electron chi connectivity index (χ1n) is 6.61. The number of nitrogens with zero attached hydrogens (tertiary/aromatic N) is 1. The minimum Gasteiger partial charge on any atom is -0.612 e. The van der Waals surface area contributed by atoms with E-state index in [1.165, 1.54) is 0 Å². The zero-order valence-corrected chi connectivity index (χ0v) is 12.6. The summed E-state index contributed by atoms with van der Waals surface area (Å²) >= 11 is -1.04. The van der Waals surface area contributed by atoms with E-state index < -0.39 is 23.0 Å². The molecule has 6 heteroatoms. The number of carbonyl (C=O) groups is 2. The van der Waals surface area contributed by atoms with Gasteiger partial charge in [-0.05, 0) is 41.0 Å². The Morgan fingerprint density at radius 1 is 1.00 bits per heavy atom. The lowest BCUT2D eigenvalue weighted by atomic mass is 10.1. The van der Waals surface area contributed by atoms with Gasteiger partial charge in [0, 0.05) is 0 Å². The van der Waals surface area contributed by atoms with Gasteiger partial charge in [-0.25, -0.2) is 0 Å². The zero-order valence-electron chi connectivity index (χ0n) is 11.8. The molecule has 0 N–H and O–H groups in total. The summed E-state index contributed by atoms with van der Waals surface area (Å²) in [7, 11) is 0. The van der Waals surface area contributed by atoms with Gasteiger partial charge in [-0.3, -0.25) is 14.4 Å². The lowest BCUT2D eigenvalue weighted by Gasteiger charge is -2.13. The molecule has 3 rings (SSSR count). The lowest BCUT2D eigenvalue weighted by Crippen LogP contribution is -2.29. The molecule has 1 heterocycles. The molecule has 1 atom stereocenters.